The number of amides is 1. The van der Waals surface area contributed by atoms with Crippen molar-refractivity contribution >= 4 is 23.6 Å². The van der Waals surface area contributed by atoms with Crippen molar-refractivity contribution < 1.29 is 14.7 Å². The molecule has 1 aromatic rings. The number of rotatable bonds is 4. The minimum absolute atomic E-state index is 0.0666. The van der Waals surface area contributed by atoms with Crippen LogP contribution in [0.25, 0.3) is 0 Å². The van der Waals surface area contributed by atoms with Crippen LogP contribution in [-0.2, 0) is 10.3 Å². The van der Waals surface area contributed by atoms with Gasteiger partial charge in [0.1, 0.15) is 11.5 Å². The van der Waals surface area contributed by atoms with Gasteiger partial charge in [0.25, 0.3) is 0 Å². The van der Waals surface area contributed by atoms with Crippen molar-refractivity contribution in [3.05, 3.63) is 17.7 Å². The lowest BCUT2D eigenvalue weighted by Crippen LogP contribution is -2.53. The number of aromatic nitrogens is 2. The van der Waals surface area contributed by atoms with Gasteiger partial charge < -0.3 is 15.4 Å². The minimum atomic E-state index is -1.03. The Bertz CT molecular complexity index is 533. The molecule has 1 atom stereocenters. The van der Waals surface area contributed by atoms with Gasteiger partial charge in [0.05, 0.1) is 11.7 Å². The third-order valence-corrected chi connectivity index (χ3v) is 5.29. The maximum absolute atomic E-state index is 12.3. The average Bonchev–Trinajstić information content (AvgIpc) is 3.03. The Morgan fingerprint density at radius 2 is 2.30 bits per heavy atom. The fourth-order valence-corrected chi connectivity index (χ4v) is 3.92. The van der Waals surface area contributed by atoms with Crippen LogP contribution in [0.5, 0.6) is 0 Å². The van der Waals surface area contributed by atoms with Gasteiger partial charge in [0, 0.05) is 11.7 Å². The highest BCUT2D eigenvalue weighted by Gasteiger charge is 2.44. The summed E-state index contributed by atoms with van der Waals surface area (Å²) in [5.41, 5.74) is -0.421. The van der Waals surface area contributed by atoms with E-state index in [2.05, 4.69) is 15.3 Å². The summed E-state index contributed by atoms with van der Waals surface area (Å²) in [6, 6.07) is 0. The number of hydrogen-bond acceptors (Lipinski definition) is 4. The molecule has 1 amide bonds. The fourth-order valence-electron chi connectivity index (χ4n) is 2.70. The number of thioether (sulfide) groups is 1. The molecule has 0 spiro atoms. The number of hydrogen-bond donors (Lipinski definition) is 3. The van der Waals surface area contributed by atoms with Crippen molar-refractivity contribution in [3.63, 3.8) is 0 Å². The van der Waals surface area contributed by atoms with E-state index in [1.807, 2.05) is 0 Å². The highest BCUT2D eigenvalue weighted by atomic mass is 32.2. The largest absolute Gasteiger partial charge is 0.477 e. The van der Waals surface area contributed by atoms with E-state index in [0.29, 0.717) is 5.82 Å². The van der Waals surface area contributed by atoms with Gasteiger partial charge in [0.2, 0.25) is 5.91 Å². The maximum Gasteiger partial charge on any atom is 0.353 e. The molecule has 2 aliphatic rings. The zero-order valence-corrected chi connectivity index (χ0v) is 11.8. The lowest BCUT2D eigenvalue weighted by Gasteiger charge is -2.41. The number of imidazole rings is 1. The summed E-state index contributed by atoms with van der Waals surface area (Å²) < 4.78 is 0. The monoisotopic (exact) mass is 295 g/mol. The Morgan fingerprint density at radius 1 is 1.50 bits per heavy atom. The van der Waals surface area contributed by atoms with Crippen LogP contribution in [-0.4, -0.2) is 38.5 Å². The number of nitrogens with one attached hydrogen (secondary N) is 2. The van der Waals surface area contributed by atoms with E-state index in [0.717, 1.165) is 37.2 Å². The van der Waals surface area contributed by atoms with Gasteiger partial charge in [-0.3, -0.25) is 4.79 Å². The lowest BCUT2D eigenvalue weighted by molar-refractivity contribution is -0.127. The van der Waals surface area contributed by atoms with Crippen LogP contribution in [0.3, 0.4) is 0 Å². The van der Waals surface area contributed by atoms with Crippen LogP contribution < -0.4 is 5.32 Å². The number of aromatic carboxylic acids is 1. The van der Waals surface area contributed by atoms with E-state index >= 15 is 0 Å². The van der Waals surface area contributed by atoms with Gasteiger partial charge in [-0.25, -0.2) is 9.78 Å². The van der Waals surface area contributed by atoms with Crippen LogP contribution >= 0.6 is 11.8 Å². The summed E-state index contributed by atoms with van der Waals surface area (Å²) in [7, 11) is 0. The third kappa shape index (κ3) is 2.30. The standard InChI is InChI=1S/C13H17N3O3S/c17-10(8-2-5-20-7-8)16-13(3-1-4-13)12-14-6-9(15-12)11(18)19/h6,8H,1-5,7H2,(H,14,15)(H,16,17)(H,18,19). The number of carboxylic acid groups (broad SMARTS) is 1. The number of carbonyl (C=O) groups is 2. The van der Waals surface area contributed by atoms with Crippen LogP contribution in [0, 0.1) is 5.92 Å². The normalized spacial score (nSPS) is 24.1. The highest BCUT2D eigenvalue weighted by molar-refractivity contribution is 7.99. The Morgan fingerprint density at radius 3 is 2.80 bits per heavy atom. The average molecular weight is 295 g/mol. The van der Waals surface area contributed by atoms with E-state index in [1.54, 1.807) is 11.8 Å². The second-order valence-electron chi connectivity index (χ2n) is 5.44. The molecule has 2 fully saturated rings. The summed E-state index contributed by atoms with van der Waals surface area (Å²) in [5, 5.41) is 12.0. The van der Waals surface area contributed by atoms with Gasteiger partial charge in [-0.05, 0) is 31.4 Å². The van der Waals surface area contributed by atoms with Crippen molar-refractivity contribution in [1.29, 1.82) is 0 Å². The van der Waals surface area contributed by atoms with Gasteiger partial charge in [-0.15, -0.1) is 0 Å². The molecule has 1 saturated carbocycles. The lowest BCUT2D eigenvalue weighted by atomic mass is 9.75. The molecule has 1 aromatic heterocycles. The number of nitrogens with zero attached hydrogens (tertiary/aromatic N) is 1. The number of aromatic amines is 1. The zero-order chi connectivity index (χ0) is 14.2. The van der Waals surface area contributed by atoms with Crippen molar-refractivity contribution in [1.82, 2.24) is 15.3 Å². The topological polar surface area (TPSA) is 95.1 Å². The molecule has 108 valence electrons. The first-order valence-corrected chi connectivity index (χ1v) is 7.95. The molecule has 6 nitrogen and oxygen atoms in total. The molecule has 0 aromatic carbocycles. The van der Waals surface area contributed by atoms with Crippen LogP contribution in [0.2, 0.25) is 0 Å². The molecule has 1 saturated heterocycles. The summed E-state index contributed by atoms with van der Waals surface area (Å²) >= 11 is 1.80. The Kier molecular flexibility index (Phi) is 3.45. The SMILES string of the molecule is O=C(O)c1cnc(C2(NC(=O)C3CCSC3)CCC2)[nH]1. The van der Waals surface area contributed by atoms with E-state index in [4.69, 9.17) is 5.11 Å². The molecule has 3 N–H and O–H groups in total. The van der Waals surface area contributed by atoms with Gasteiger partial charge in [-0.2, -0.15) is 11.8 Å². The first kappa shape index (κ1) is 13.5. The molecular formula is C13H17N3O3S. The fraction of sp³-hybridized carbons (Fsp3) is 0.615. The Balaban J connectivity index is 1.76. The predicted octanol–water partition coefficient (Wildman–Crippen LogP) is 1.36. The van der Waals surface area contributed by atoms with Crippen molar-refractivity contribution in [2.24, 2.45) is 5.92 Å². The first-order valence-electron chi connectivity index (χ1n) is 6.79. The molecule has 1 aliphatic heterocycles. The molecule has 0 bridgehead atoms. The molecule has 20 heavy (non-hydrogen) atoms. The van der Waals surface area contributed by atoms with E-state index in [9.17, 15) is 9.59 Å². The first-order chi connectivity index (χ1) is 9.61. The number of H-pyrrole nitrogens is 1. The van der Waals surface area contributed by atoms with E-state index in [-0.39, 0.29) is 17.5 Å². The van der Waals surface area contributed by atoms with Crippen molar-refractivity contribution in [2.75, 3.05) is 11.5 Å². The highest BCUT2D eigenvalue weighted by Crippen LogP contribution is 2.40. The maximum atomic E-state index is 12.3. The predicted molar refractivity (Wildman–Crippen MR) is 74.7 cm³/mol. The van der Waals surface area contributed by atoms with Crippen molar-refractivity contribution in [3.8, 4) is 0 Å². The Hall–Kier alpha value is -1.50. The summed E-state index contributed by atoms with van der Waals surface area (Å²) in [5.74, 6) is 1.60. The zero-order valence-electron chi connectivity index (χ0n) is 11.0. The van der Waals surface area contributed by atoms with Gasteiger partial charge in [0.15, 0.2) is 0 Å². The smallest absolute Gasteiger partial charge is 0.353 e. The quantitative estimate of drug-likeness (QED) is 0.779. The number of carbonyl (C=O) groups excluding carboxylic acids is 1. The van der Waals surface area contributed by atoms with Crippen LogP contribution in [0.1, 0.15) is 42.0 Å². The number of carboxylic acids is 1. The second-order valence-corrected chi connectivity index (χ2v) is 6.59. The van der Waals surface area contributed by atoms with E-state index < -0.39 is 11.5 Å². The molecule has 3 rings (SSSR count). The molecular weight excluding hydrogens is 278 g/mol. The molecule has 7 heteroatoms. The van der Waals surface area contributed by atoms with E-state index in [1.165, 1.54) is 6.20 Å². The Labute approximate surface area is 120 Å². The molecule has 2 heterocycles. The summed E-state index contributed by atoms with van der Waals surface area (Å²) in [6.45, 7) is 0. The van der Waals surface area contributed by atoms with Gasteiger partial charge in [-0.1, -0.05) is 0 Å². The minimum Gasteiger partial charge on any atom is -0.477 e. The van der Waals surface area contributed by atoms with Crippen molar-refractivity contribution in [2.45, 2.75) is 31.2 Å². The third-order valence-electron chi connectivity index (χ3n) is 4.13. The summed E-state index contributed by atoms with van der Waals surface area (Å²) in [4.78, 5) is 30.2. The molecule has 0 radical (unpaired) electrons. The van der Waals surface area contributed by atoms with Crippen LogP contribution in [0.15, 0.2) is 6.20 Å². The molecule has 1 aliphatic carbocycles. The molecule has 1 unspecified atom stereocenters. The summed E-state index contributed by atoms with van der Waals surface area (Å²) in [6.07, 6.45) is 4.87. The second kappa shape index (κ2) is 5.12. The van der Waals surface area contributed by atoms with Gasteiger partial charge >= 0.3 is 5.97 Å². The van der Waals surface area contributed by atoms with Crippen LogP contribution in [0.4, 0.5) is 0 Å².